The molecule has 0 saturated heterocycles. The SMILES string of the molecule is CCc1c(C)sc(NC(=O)C(C)NC(=O)C(C)(C)C)c1C(=O)O. The van der Waals surface area contributed by atoms with Gasteiger partial charge in [-0.05, 0) is 25.8 Å². The molecular weight excluding hydrogens is 316 g/mol. The van der Waals surface area contributed by atoms with Crippen LogP contribution >= 0.6 is 11.3 Å². The number of hydrogen-bond acceptors (Lipinski definition) is 4. The van der Waals surface area contributed by atoms with Gasteiger partial charge in [0.1, 0.15) is 11.0 Å². The van der Waals surface area contributed by atoms with Gasteiger partial charge in [-0.25, -0.2) is 4.79 Å². The average Bonchev–Trinajstić information content (AvgIpc) is 2.72. The van der Waals surface area contributed by atoms with Crippen molar-refractivity contribution in [2.75, 3.05) is 5.32 Å². The van der Waals surface area contributed by atoms with Crippen LogP contribution in [0.4, 0.5) is 5.00 Å². The molecule has 0 spiro atoms. The molecule has 0 aliphatic heterocycles. The van der Waals surface area contributed by atoms with E-state index in [1.54, 1.807) is 27.7 Å². The second-order valence-corrected chi connectivity index (χ2v) is 7.66. The zero-order valence-electron chi connectivity index (χ0n) is 14.4. The Balaban J connectivity index is 2.94. The first-order valence-corrected chi connectivity index (χ1v) is 8.28. The molecule has 2 amide bonds. The van der Waals surface area contributed by atoms with Crippen molar-refractivity contribution < 1.29 is 19.5 Å². The van der Waals surface area contributed by atoms with Gasteiger partial charge in [0.2, 0.25) is 11.8 Å². The van der Waals surface area contributed by atoms with E-state index in [1.165, 1.54) is 11.3 Å². The van der Waals surface area contributed by atoms with E-state index in [2.05, 4.69) is 10.6 Å². The van der Waals surface area contributed by atoms with Crippen molar-refractivity contribution in [1.82, 2.24) is 5.32 Å². The van der Waals surface area contributed by atoms with Gasteiger partial charge in [0.05, 0.1) is 5.56 Å². The molecular formula is C16H24N2O4S. The number of amides is 2. The van der Waals surface area contributed by atoms with Crippen molar-refractivity contribution in [1.29, 1.82) is 0 Å². The van der Waals surface area contributed by atoms with Crippen LogP contribution in [-0.4, -0.2) is 28.9 Å². The van der Waals surface area contributed by atoms with Gasteiger partial charge in [-0.15, -0.1) is 11.3 Å². The predicted molar refractivity (Wildman–Crippen MR) is 91.1 cm³/mol. The van der Waals surface area contributed by atoms with Crippen LogP contribution in [0.3, 0.4) is 0 Å². The number of carboxylic acid groups (broad SMARTS) is 1. The van der Waals surface area contributed by atoms with Crippen LogP contribution in [0.1, 0.15) is 55.4 Å². The summed E-state index contributed by atoms with van der Waals surface area (Å²) in [6.45, 7) is 10.5. The van der Waals surface area contributed by atoms with E-state index in [0.717, 1.165) is 10.4 Å². The zero-order valence-corrected chi connectivity index (χ0v) is 15.2. The Hall–Kier alpha value is -1.89. The summed E-state index contributed by atoms with van der Waals surface area (Å²) in [5, 5.41) is 15.0. The number of rotatable bonds is 5. The second kappa shape index (κ2) is 7.12. The van der Waals surface area contributed by atoms with E-state index in [0.29, 0.717) is 11.4 Å². The van der Waals surface area contributed by atoms with E-state index in [-0.39, 0.29) is 11.5 Å². The van der Waals surface area contributed by atoms with Gasteiger partial charge < -0.3 is 15.7 Å². The van der Waals surface area contributed by atoms with Gasteiger partial charge in [0.15, 0.2) is 0 Å². The standard InChI is InChI=1S/C16H24N2O4S/c1-7-10-9(3)23-13(11(10)14(20)21)18-12(19)8(2)17-15(22)16(4,5)6/h8H,7H2,1-6H3,(H,17,22)(H,18,19)(H,20,21). The number of hydrogen-bond donors (Lipinski definition) is 3. The minimum atomic E-state index is -1.06. The highest BCUT2D eigenvalue weighted by molar-refractivity contribution is 7.16. The second-order valence-electron chi connectivity index (χ2n) is 6.43. The third-order valence-electron chi connectivity index (χ3n) is 3.44. The smallest absolute Gasteiger partial charge is 0.339 e. The number of aryl methyl sites for hydroxylation is 1. The molecule has 7 heteroatoms. The third kappa shape index (κ3) is 4.54. The van der Waals surface area contributed by atoms with E-state index >= 15 is 0 Å². The molecule has 1 heterocycles. The van der Waals surface area contributed by atoms with Crippen LogP contribution in [0, 0.1) is 12.3 Å². The largest absolute Gasteiger partial charge is 0.478 e. The summed E-state index contributed by atoms with van der Waals surface area (Å²) in [7, 11) is 0. The van der Waals surface area contributed by atoms with Crippen LogP contribution in [-0.2, 0) is 16.0 Å². The van der Waals surface area contributed by atoms with E-state index in [9.17, 15) is 19.5 Å². The zero-order chi connectivity index (χ0) is 17.9. The summed E-state index contributed by atoms with van der Waals surface area (Å²) in [4.78, 5) is 36.5. The van der Waals surface area contributed by atoms with Gasteiger partial charge in [-0.2, -0.15) is 0 Å². The molecule has 0 fully saturated rings. The van der Waals surface area contributed by atoms with Crippen LogP contribution in [0.25, 0.3) is 0 Å². The molecule has 0 aromatic carbocycles. The molecule has 3 N–H and O–H groups in total. The van der Waals surface area contributed by atoms with Crippen LogP contribution in [0.2, 0.25) is 0 Å². The molecule has 6 nitrogen and oxygen atoms in total. The maximum Gasteiger partial charge on any atom is 0.339 e. The van der Waals surface area contributed by atoms with Crippen molar-refractivity contribution in [2.24, 2.45) is 5.41 Å². The first kappa shape index (κ1) is 19.2. The molecule has 1 rings (SSSR count). The fourth-order valence-corrected chi connectivity index (χ4v) is 3.16. The fraction of sp³-hybridized carbons (Fsp3) is 0.562. The minimum absolute atomic E-state index is 0.137. The molecule has 0 aliphatic carbocycles. The summed E-state index contributed by atoms with van der Waals surface area (Å²) in [5.74, 6) is -1.74. The summed E-state index contributed by atoms with van der Waals surface area (Å²) >= 11 is 1.24. The van der Waals surface area contributed by atoms with E-state index in [1.807, 2.05) is 13.8 Å². The Morgan fingerprint density at radius 2 is 1.83 bits per heavy atom. The Kier molecular flexibility index (Phi) is 5.93. The van der Waals surface area contributed by atoms with Crippen molar-refractivity contribution in [3.05, 3.63) is 16.0 Å². The van der Waals surface area contributed by atoms with Crippen molar-refractivity contribution >= 4 is 34.1 Å². The monoisotopic (exact) mass is 340 g/mol. The number of anilines is 1. The summed E-state index contributed by atoms with van der Waals surface area (Å²) in [6, 6.07) is -0.754. The quantitative estimate of drug-likeness (QED) is 0.768. The lowest BCUT2D eigenvalue weighted by atomic mass is 9.95. The molecule has 0 bridgehead atoms. The maximum atomic E-state index is 12.2. The highest BCUT2D eigenvalue weighted by Crippen LogP contribution is 2.33. The molecule has 0 saturated carbocycles. The van der Waals surface area contributed by atoms with Gasteiger partial charge in [-0.1, -0.05) is 27.7 Å². The van der Waals surface area contributed by atoms with Crippen LogP contribution < -0.4 is 10.6 Å². The summed E-state index contributed by atoms with van der Waals surface area (Å²) in [6.07, 6.45) is 0.580. The molecule has 0 aliphatic rings. The molecule has 128 valence electrons. The van der Waals surface area contributed by atoms with Crippen molar-refractivity contribution in [3.63, 3.8) is 0 Å². The summed E-state index contributed by atoms with van der Waals surface area (Å²) < 4.78 is 0. The Morgan fingerprint density at radius 1 is 1.26 bits per heavy atom. The average molecular weight is 340 g/mol. The Morgan fingerprint density at radius 3 is 2.26 bits per heavy atom. The topological polar surface area (TPSA) is 95.5 Å². The number of thiophene rings is 1. The van der Waals surface area contributed by atoms with Crippen LogP contribution in [0.15, 0.2) is 0 Å². The number of aromatic carboxylic acids is 1. The first-order valence-electron chi connectivity index (χ1n) is 7.46. The maximum absolute atomic E-state index is 12.2. The highest BCUT2D eigenvalue weighted by Gasteiger charge is 2.27. The first-order chi connectivity index (χ1) is 10.5. The lowest BCUT2D eigenvalue weighted by Crippen LogP contribution is -2.46. The van der Waals surface area contributed by atoms with Crippen molar-refractivity contribution in [2.45, 2.75) is 54.0 Å². The van der Waals surface area contributed by atoms with Gasteiger partial charge in [0, 0.05) is 10.3 Å². The number of nitrogens with one attached hydrogen (secondary N) is 2. The lowest BCUT2D eigenvalue weighted by Gasteiger charge is -2.21. The van der Waals surface area contributed by atoms with Gasteiger partial charge >= 0.3 is 5.97 Å². The fourth-order valence-electron chi connectivity index (χ4n) is 2.02. The molecule has 23 heavy (non-hydrogen) atoms. The minimum Gasteiger partial charge on any atom is -0.478 e. The van der Waals surface area contributed by atoms with Crippen molar-refractivity contribution in [3.8, 4) is 0 Å². The van der Waals surface area contributed by atoms with Gasteiger partial charge in [0.25, 0.3) is 0 Å². The molecule has 1 aromatic heterocycles. The van der Waals surface area contributed by atoms with Gasteiger partial charge in [-0.3, -0.25) is 9.59 Å². The van der Waals surface area contributed by atoms with Crippen LogP contribution in [0.5, 0.6) is 0 Å². The molecule has 1 atom stereocenters. The number of carbonyl (C=O) groups is 3. The third-order valence-corrected chi connectivity index (χ3v) is 4.50. The predicted octanol–water partition coefficient (Wildman–Crippen LogP) is 2.81. The summed E-state index contributed by atoms with van der Waals surface area (Å²) in [5.41, 5.74) is 0.261. The lowest BCUT2D eigenvalue weighted by molar-refractivity contribution is -0.131. The normalized spacial score (nSPS) is 12.6. The van der Waals surface area contributed by atoms with E-state index < -0.39 is 23.3 Å². The van der Waals surface area contributed by atoms with E-state index in [4.69, 9.17) is 0 Å². The Bertz CT molecular complexity index is 629. The highest BCUT2D eigenvalue weighted by atomic mass is 32.1. The number of carbonyl (C=O) groups excluding carboxylic acids is 2. The Labute approximate surface area is 140 Å². The number of carboxylic acids is 1. The molecule has 0 radical (unpaired) electrons. The molecule has 1 aromatic rings. The molecule has 1 unspecified atom stereocenters.